The van der Waals surface area contributed by atoms with Crippen molar-refractivity contribution in [2.75, 3.05) is 26.7 Å². The molecule has 28 heavy (non-hydrogen) atoms. The first kappa shape index (κ1) is 18.0. The number of methoxy groups -OCH3 is 1. The first-order chi connectivity index (χ1) is 13.7. The Morgan fingerprint density at radius 3 is 2.89 bits per heavy atom. The summed E-state index contributed by atoms with van der Waals surface area (Å²) in [4.78, 5) is 18.1. The van der Waals surface area contributed by atoms with Gasteiger partial charge in [0, 0.05) is 32.7 Å². The van der Waals surface area contributed by atoms with Gasteiger partial charge in [0.25, 0.3) is 0 Å². The van der Waals surface area contributed by atoms with Crippen LogP contribution in [0.15, 0.2) is 46.9 Å². The Hall–Kier alpha value is -2.11. The van der Waals surface area contributed by atoms with Crippen LogP contribution in [0.1, 0.15) is 42.4 Å². The Kier molecular flexibility index (Phi) is 4.52. The average Bonchev–Trinajstić information content (AvgIpc) is 3.45. The molecule has 1 aromatic heterocycles. The lowest BCUT2D eigenvalue weighted by atomic mass is 9.85. The van der Waals surface area contributed by atoms with Crippen LogP contribution in [-0.4, -0.2) is 48.0 Å². The lowest BCUT2D eigenvalue weighted by Gasteiger charge is -2.32. The molecular weight excluding hydrogens is 352 g/mol. The highest BCUT2D eigenvalue weighted by Crippen LogP contribution is 2.56. The molecule has 0 unspecified atom stereocenters. The van der Waals surface area contributed by atoms with Crippen LogP contribution in [0.5, 0.6) is 0 Å². The highest BCUT2D eigenvalue weighted by Gasteiger charge is 2.65. The maximum absolute atomic E-state index is 13.5. The van der Waals surface area contributed by atoms with Gasteiger partial charge in [0.05, 0.1) is 6.04 Å². The zero-order chi connectivity index (χ0) is 19.1. The van der Waals surface area contributed by atoms with Crippen molar-refractivity contribution in [3.05, 3.63) is 59.5 Å². The van der Waals surface area contributed by atoms with Gasteiger partial charge in [-0.25, -0.2) is 0 Å². The zero-order valence-corrected chi connectivity index (χ0v) is 16.5. The fourth-order valence-electron chi connectivity index (χ4n) is 5.74. The second kappa shape index (κ2) is 7.05. The van der Waals surface area contributed by atoms with Crippen LogP contribution in [0.2, 0.25) is 0 Å². The summed E-state index contributed by atoms with van der Waals surface area (Å²) in [6.45, 7) is 3.18. The molecule has 1 aromatic carbocycles. The van der Waals surface area contributed by atoms with Gasteiger partial charge < -0.3 is 14.1 Å². The highest BCUT2D eigenvalue weighted by atomic mass is 16.5. The van der Waals surface area contributed by atoms with E-state index in [4.69, 9.17) is 9.15 Å². The number of carbonyl (C=O) groups is 1. The topological polar surface area (TPSA) is 45.9 Å². The minimum absolute atomic E-state index is 0.221. The Bertz CT molecular complexity index is 849. The van der Waals surface area contributed by atoms with Crippen LogP contribution in [0.25, 0.3) is 0 Å². The molecule has 3 aliphatic heterocycles. The molecule has 1 amide bonds. The number of amides is 1. The van der Waals surface area contributed by atoms with E-state index in [1.54, 1.807) is 7.11 Å². The van der Waals surface area contributed by atoms with Crippen molar-refractivity contribution in [1.82, 2.24) is 9.80 Å². The molecule has 4 heterocycles. The van der Waals surface area contributed by atoms with Crippen LogP contribution in [0.4, 0.5) is 0 Å². The summed E-state index contributed by atoms with van der Waals surface area (Å²) in [6.07, 6.45) is 4.02. The van der Waals surface area contributed by atoms with E-state index in [-0.39, 0.29) is 11.6 Å². The largest absolute Gasteiger partial charge is 0.462 e. The van der Waals surface area contributed by atoms with Gasteiger partial charge in [-0.2, -0.15) is 0 Å². The summed E-state index contributed by atoms with van der Waals surface area (Å²) in [7, 11) is 1.68. The second-order valence-corrected chi connectivity index (χ2v) is 8.39. The number of nitrogens with zero attached hydrogens (tertiary/aromatic N) is 2. The van der Waals surface area contributed by atoms with E-state index in [1.807, 2.05) is 12.1 Å². The molecular formula is C23H28N2O3. The molecule has 5 heteroatoms. The third-order valence-electron chi connectivity index (χ3n) is 6.94. The number of likely N-dealkylation sites (tertiary alicyclic amines) is 1. The van der Waals surface area contributed by atoms with Gasteiger partial charge in [-0.3, -0.25) is 9.69 Å². The van der Waals surface area contributed by atoms with Gasteiger partial charge in [0.15, 0.2) is 0 Å². The molecule has 3 atom stereocenters. The third kappa shape index (κ3) is 2.72. The van der Waals surface area contributed by atoms with Gasteiger partial charge in [-0.15, -0.1) is 0 Å². The number of hydrogen-bond acceptors (Lipinski definition) is 4. The normalized spacial score (nSPS) is 29.5. The van der Waals surface area contributed by atoms with Crippen LogP contribution in [-0.2, 0) is 22.6 Å². The fourth-order valence-corrected chi connectivity index (χ4v) is 5.74. The van der Waals surface area contributed by atoms with Crippen molar-refractivity contribution in [1.29, 1.82) is 0 Å². The molecule has 5 nitrogen and oxygen atoms in total. The van der Waals surface area contributed by atoms with Crippen LogP contribution < -0.4 is 0 Å². The van der Waals surface area contributed by atoms with Crippen molar-refractivity contribution in [2.45, 2.75) is 43.9 Å². The van der Waals surface area contributed by atoms with Crippen molar-refractivity contribution in [3.63, 3.8) is 0 Å². The molecule has 5 rings (SSSR count). The monoisotopic (exact) mass is 380 g/mol. The van der Waals surface area contributed by atoms with E-state index in [1.165, 1.54) is 5.56 Å². The minimum Gasteiger partial charge on any atom is -0.462 e. The summed E-state index contributed by atoms with van der Waals surface area (Å²) in [5, 5.41) is 0. The molecule has 1 spiro atoms. The predicted octanol–water partition coefficient (Wildman–Crippen LogP) is 3.41. The van der Waals surface area contributed by atoms with Gasteiger partial charge >= 0.3 is 0 Å². The summed E-state index contributed by atoms with van der Waals surface area (Å²) in [5.41, 5.74) is 1.00. The van der Waals surface area contributed by atoms with Gasteiger partial charge in [-0.05, 0) is 43.4 Å². The summed E-state index contributed by atoms with van der Waals surface area (Å²) in [5.74, 6) is 2.60. The lowest BCUT2D eigenvalue weighted by molar-refractivity contribution is -0.137. The summed E-state index contributed by atoms with van der Waals surface area (Å²) >= 11 is 0. The maximum Gasteiger partial charge on any atom is 0.243 e. The van der Waals surface area contributed by atoms with E-state index in [0.717, 1.165) is 56.8 Å². The molecule has 3 aliphatic rings. The SMILES string of the molecule is COCc1ccc([C@@H]2C[C@H]3CN(CCc4ccccc4)C(=O)[C@]34CCCN24)o1. The minimum atomic E-state index is -0.296. The number of rotatable bonds is 6. The summed E-state index contributed by atoms with van der Waals surface area (Å²) < 4.78 is 11.2. The van der Waals surface area contributed by atoms with Crippen molar-refractivity contribution >= 4 is 5.91 Å². The first-order valence-electron chi connectivity index (χ1n) is 10.4. The quantitative estimate of drug-likeness (QED) is 0.771. The second-order valence-electron chi connectivity index (χ2n) is 8.39. The fraction of sp³-hybridized carbons (Fsp3) is 0.522. The van der Waals surface area contributed by atoms with Crippen molar-refractivity contribution in [3.8, 4) is 0 Å². The van der Waals surface area contributed by atoms with E-state index >= 15 is 0 Å². The van der Waals surface area contributed by atoms with Crippen LogP contribution >= 0.6 is 0 Å². The van der Waals surface area contributed by atoms with Crippen LogP contribution in [0.3, 0.4) is 0 Å². The third-order valence-corrected chi connectivity index (χ3v) is 6.94. The van der Waals surface area contributed by atoms with Crippen molar-refractivity contribution in [2.24, 2.45) is 5.92 Å². The molecule has 0 saturated carbocycles. The molecule has 2 aromatic rings. The molecule has 0 radical (unpaired) electrons. The highest BCUT2D eigenvalue weighted by molar-refractivity contribution is 5.90. The molecule has 0 N–H and O–H groups in total. The summed E-state index contributed by atoms with van der Waals surface area (Å²) in [6, 6.07) is 14.8. The number of hydrogen-bond donors (Lipinski definition) is 0. The van der Waals surface area contributed by atoms with Gasteiger partial charge in [-0.1, -0.05) is 30.3 Å². The zero-order valence-electron chi connectivity index (χ0n) is 16.5. The number of ether oxygens (including phenoxy) is 1. The molecule has 148 valence electrons. The first-order valence-corrected chi connectivity index (χ1v) is 10.4. The molecule has 3 saturated heterocycles. The van der Waals surface area contributed by atoms with E-state index in [2.05, 4.69) is 40.1 Å². The van der Waals surface area contributed by atoms with E-state index < -0.39 is 0 Å². The van der Waals surface area contributed by atoms with Crippen molar-refractivity contribution < 1.29 is 13.9 Å². The predicted molar refractivity (Wildman–Crippen MR) is 106 cm³/mol. The smallest absolute Gasteiger partial charge is 0.243 e. The number of furan rings is 1. The van der Waals surface area contributed by atoms with Gasteiger partial charge in [0.2, 0.25) is 5.91 Å². The average molecular weight is 380 g/mol. The molecule has 3 fully saturated rings. The van der Waals surface area contributed by atoms with E-state index in [0.29, 0.717) is 18.4 Å². The number of carbonyl (C=O) groups excluding carboxylic acids is 1. The van der Waals surface area contributed by atoms with E-state index in [9.17, 15) is 4.79 Å². The Balaban J connectivity index is 1.33. The molecule has 0 aliphatic carbocycles. The molecule has 0 bridgehead atoms. The number of benzene rings is 1. The van der Waals surface area contributed by atoms with Gasteiger partial charge in [0.1, 0.15) is 23.7 Å². The maximum atomic E-state index is 13.5. The Morgan fingerprint density at radius 2 is 2.07 bits per heavy atom. The Morgan fingerprint density at radius 1 is 1.21 bits per heavy atom. The lowest BCUT2D eigenvalue weighted by Crippen LogP contribution is -2.49. The van der Waals surface area contributed by atoms with Crippen LogP contribution in [0, 0.1) is 5.92 Å². The Labute approximate surface area is 166 Å². The standard InChI is InChI=1S/C23H28N2O3/c1-27-16-19-8-9-21(28-19)20-14-18-15-24(13-10-17-6-3-2-4-7-17)22(26)23(18)11-5-12-25(20)23/h2-4,6-9,18,20H,5,10-16H2,1H3/t18-,20-,23-/m0/s1.